The lowest BCUT2D eigenvalue weighted by molar-refractivity contribution is 0.0923. The Morgan fingerprint density at radius 1 is 1.25 bits per heavy atom. The average molecular weight is 230 g/mol. The van der Waals surface area contributed by atoms with E-state index in [1.54, 1.807) is 0 Å². The average Bonchev–Trinajstić information content (AvgIpc) is 1.99. The highest BCUT2D eigenvalue weighted by Crippen LogP contribution is 2.18. The molecule has 0 aliphatic heterocycles. The van der Waals surface area contributed by atoms with E-state index in [9.17, 15) is 5.11 Å². The number of likely N-dealkylation sites (N-methyl/N-ethyl adjacent to an activating group) is 1. The maximum atomic E-state index is 9.45. The van der Waals surface area contributed by atoms with Gasteiger partial charge in [0, 0.05) is 18.6 Å². The van der Waals surface area contributed by atoms with E-state index in [0.717, 1.165) is 13.0 Å². The first kappa shape index (κ1) is 15.9. The standard InChI is InChI=1S/C13H30N2O/c1-10(2)7-11(14)12(8-16)15(6)9-13(3,4)5/h10-12,16H,7-9,14H2,1-6H3. The lowest BCUT2D eigenvalue weighted by Crippen LogP contribution is -2.51. The normalized spacial score (nSPS) is 16.9. The summed E-state index contributed by atoms with van der Waals surface area (Å²) < 4.78 is 0. The maximum Gasteiger partial charge on any atom is 0.0601 e. The Kier molecular flexibility index (Phi) is 6.53. The topological polar surface area (TPSA) is 49.5 Å². The second-order valence-electron chi connectivity index (χ2n) is 6.52. The molecule has 0 amide bonds. The van der Waals surface area contributed by atoms with Gasteiger partial charge in [-0.3, -0.25) is 4.90 Å². The smallest absolute Gasteiger partial charge is 0.0601 e. The quantitative estimate of drug-likeness (QED) is 0.730. The molecule has 2 atom stereocenters. The Balaban J connectivity index is 4.36. The van der Waals surface area contributed by atoms with E-state index in [4.69, 9.17) is 5.73 Å². The van der Waals surface area contributed by atoms with Crippen LogP contribution in [0.1, 0.15) is 41.0 Å². The first-order chi connectivity index (χ1) is 7.17. The van der Waals surface area contributed by atoms with E-state index in [-0.39, 0.29) is 24.1 Å². The molecule has 16 heavy (non-hydrogen) atoms. The lowest BCUT2D eigenvalue weighted by atomic mass is 9.93. The van der Waals surface area contributed by atoms with Gasteiger partial charge in [0.25, 0.3) is 0 Å². The Morgan fingerprint density at radius 2 is 1.75 bits per heavy atom. The van der Waals surface area contributed by atoms with Crippen LogP contribution in [0.25, 0.3) is 0 Å². The van der Waals surface area contributed by atoms with Crippen molar-refractivity contribution in [3.63, 3.8) is 0 Å². The van der Waals surface area contributed by atoms with Crippen LogP contribution >= 0.6 is 0 Å². The molecule has 0 bridgehead atoms. The zero-order valence-corrected chi connectivity index (χ0v) is 11.8. The largest absolute Gasteiger partial charge is 0.395 e. The van der Waals surface area contributed by atoms with Crippen molar-refractivity contribution in [2.24, 2.45) is 17.1 Å². The molecule has 0 fully saturated rings. The van der Waals surface area contributed by atoms with E-state index in [0.29, 0.717) is 5.92 Å². The summed E-state index contributed by atoms with van der Waals surface area (Å²) in [6, 6.07) is 0.124. The summed E-state index contributed by atoms with van der Waals surface area (Å²) in [4.78, 5) is 2.19. The van der Waals surface area contributed by atoms with Crippen molar-refractivity contribution in [1.29, 1.82) is 0 Å². The van der Waals surface area contributed by atoms with Crippen molar-refractivity contribution in [2.45, 2.75) is 53.1 Å². The highest BCUT2D eigenvalue weighted by Gasteiger charge is 2.25. The molecule has 0 saturated carbocycles. The van der Waals surface area contributed by atoms with Crippen LogP contribution < -0.4 is 5.73 Å². The van der Waals surface area contributed by atoms with E-state index < -0.39 is 0 Å². The number of aliphatic hydroxyl groups excluding tert-OH is 1. The molecule has 0 aliphatic rings. The molecule has 0 heterocycles. The molecule has 0 spiro atoms. The van der Waals surface area contributed by atoms with Crippen LogP contribution in [-0.2, 0) is 0 Å². The van der Waals surface area contributed by atoms with Crippen LogP contribution in [0.3, 0.4) is 0 Å². The minimum Gasteiger partial charge on any atom is -0.395 e. The fourth-order valence-electron chi connectivity index (χ4n) is 2.17. The monoisotopic (exact) mass is 230 g/mol. The lowest BCUT2D eigenvalue weighted by Gasteiger charge is -2.36. The third-order valence-electron chi connectivity index (χ3n) is 2.71. The van der Waals surface area contributed by atoms with Gasteiger partial charge in [0.2, 0.25) is 0 Å². The van der Waals surface area contributed by atoms with Gasteiger partial charge in [-0.2, -0.15) is 0 Å². The summed E-state index contributed by atoms with van der Waals surface area (Å²) in [5, 5.41) is 9.45. The molecule has 0 aliphatic carbocycles. The van der Waals surface area contributed by atoms with Crippen molar-refractivity contribution in [3.05, 3.63) is 0 Å². The molecule has 0 radical (unpaired) electrons. The van der Waals surface area contributed by atoms with Gasteiger partial charge in [-0.25, -0.2) is 0 Å². The third-order valence-corrected chi connectivity index (χ3v) is 2.71. The van der Waals surface area contributed by atoms with Gasteiger partial charge in [0.15, 0.2) is 0 Å². The molecule has 2 unspecified atom stereocenters. The first-order valence-corrected chi connectivity index (χ1v) is 6.24. The molecule has 0 aromatic heterocycles. The second kappa shape index (κ2) is 6.58. The number of hydrogen-bond donors (Lipinski definition) is 2. The molecular weight excluding hydrogens is 200 g/mol. The Labute approximate surface area is 101 Å². The van der Waals surface area contributed by atoms with Gasteiger partial charge in [0.1, 0.15) is 0 Å². The molecule has 3 N–H and O–H groups in total. The molecule has 3 nitrogen and oxygen atoms in total. The van der Waals surface area contributed by atoms with Gasteiger partial charge >= 0.3 is 0 Å². The summed E-state index contributed by atoms with van der Waals surface area (Å²) in [7, 11) is 2.05. The number of hydrogen-bond acceptors (Lipinski definition) is 3. The summed E-state index contributed by atoms with van der Waals surface area (Å²) in [6.45, 7) is 12.0. The number of nitrogens with zero attached hydrogens (tertiary/aromatic N) is 1. The summed E-state index contributed by atoms with van der Waals surface area (Å²) in [5.74, 6) is 0.576. The first-order valence-electron chi connectivity index (χ1n) is 6.24. The predicted molar refractivity (Wildman–Crippen MR) is 70.4 cm³/mol. The van der Waals surface area contributed by atoms with E-state index in [2.05, 4.69) is 39.5 Å². The van der Waals surface area contributed by atoms with Crippen molar-refractivity contribution in [3.8, 4) is 0 Å². The number of nitrogens with two attached hydrogens (primary N) is 1. The predicted octanol–water partition coefficient (Wildman–Crippen LogP) is 1.70. The van der Waals surface area contributed by atoms with Crippen molar-refractivity contribution in [1.82, 2.24) is 4.90 Å². The molecule has 0 rings (SSSR count). The van der Waals surface area contributed by atoms with Crippen molar-refractivity contribution < 1.29 is 5.11 Å². The van der Waals surface area contributed by atoms with Crippen LogP contribution in [0.15, 0.2) is 0 Å². The highest BCUT2D eigenvalue weighted by atomic mass is 16.3. The fourth-order valence-corrected chi connectivity index (χ4v) is 2.17. The van der Waals surface area contributed by atoms with Gasteiger partial charge < -0.3 is 10.8 Å². The van der Waals surface area contributed by atoms with Gasteiger partial charge in [0.05, 0.1) is 6.61 Å². The second-order valence-corrected chi connectivity index (χ2v) is 6.52. The SMILES string of the molecule is CC(C)CC(N)C(CO)N(C)CC(C)(C)C. The zero-order valence-electron chi connectivity index (χ0n) is 11.8. The molecular formula is C13H30N2O. The highest BCUT2D eigenvalue weighted by molar-refractivity contribution is 4.83. The van der Waals surface area contributed by atoms with E-state index >= 15 is 0 Å². The zero-order chi connectivity index (χ0) is 12.9. The maximum absolute atomic E-state index is 9.45. The molecule has 0 aromatic carbocycles. The summed E-state index contributed by atoms with van der Waals surface area (Å²) in [5.41, 5.74) is 6.38. The molecule has 0 saturated heterocycles. The van der Waals surface area contributed by atoms with Crippen LogP contribution in [0.5, 0.6) is 0 Å². The van der Waals surface area contributed by atoms with Crippen LogP contribution in [-0.4, -0.2) is 42.3 Å². The summed E-state index contributed by atoms with van der Waals surface area (Å²) >= 11 is 0. The van der Waals surface area contributed by atoms with Crippen molar-refractivity contribution >= 4 is 0 Å². The molecule has 3 heteroatoms. The minimum atomic E-state index is 0.0531. The molecule has 0 aromatic rings. The van der Waals surface area contributed by atoms with Crippen LogP contribution in [0, 0.1) is 11.3 Å². The third kappa shape index (κ3) is 6.46. The summed E-state index contributed by atoms with van der Waals surface area (Å²) in [6.07, 6.45) is 0.958. The minimum absolute atomic E-state index is 0.0531. The number of rotatable bonds is 6. The Bertz CT molecular complexity index is 187. The molecule has 98 valence electrons. The number of aliphatic hydroxyl groups is 1. The fraction of sp³-hybridized carbons (Fsp3) is 1.00. The Hall–Kier alpha value is -0.120. The van der Waals surface area contributed by atoms with Gasteiger partial charge in [-0.15, -0.1) is 0 Å². The van der Waals surface area contributed by atoms with E-state index in [1.165, 1.54) is 0 Å². The van der Waals surface area contributed by atoms with Gasteiger partial charge in [-0.05, 0) is 24.8 Å². The van der Waals surface area contributed by atoms with Crippen LogP contribution in [0.2, 0.25) is 0 Å². The van der Waals surface area contributed by atoms with Gasteiger partial charge in [-0.1, -0.05) is 34.6 Å². The van der Waals surface area contributed by atoms with Crippen molar-refractivity contribution in [2.75, 3.05) is 20.2 Å². The van der Waals surface area contributed by atoms with E-state index in [1.807, 2.05) is 7.05 Å². The Morgan fingerprint density at radius 3 is 2.06 bits per heavy atom. The van der Waals surface area contributed by atoms with Crippen LogP contribution in [0.4, 0.5) is 0 Å².